The van der Waals surface area contributed by atoms with E-state index in [1.807, 2.05) is 6.92 Å². The Kier molecular flexibility index (Phi) is 3.50. The van der Waals surface area contributed by atoms with Crippen LogP contribution in [0.2, 0.25) is 10.0 Å². The number of halogens is 2. The third-order valence-corrected chi connectivity index (χ3v) is 4.00. The Morgan fingerprint density at radius 2 is 1.81 bits per heavy atom. The summed E-state index contributed by atoms with van der Waals surface area (Å²) in [4.78, 5) is 2.32. The van der Waals surface area contributed by atoms with E-state index >= 15 is 0 Å². The molecule has 2 rings (SSSR count). The van der Waals surface area contributed by atoms with Crippen molar-refractivity contribution in [2.24, 2.45) is 0 Å². The summed E-state index contributed by atoms with van der Waals surface area (Å²) in [5.41, 5.74) is 8.83. The number of benzene rings is 1. The highest BCUT2D eigenvalue weighted by atomic mass is 35.5. The first-order chi connectivity index (χ1) is 7.61. The molecule has 0 spiro atoms. The first kappa shape index (κ1) is 11.9. The molecule has 0 aliphatic carbocycles. The first-order valence-corrected chi connectivity index (χ1v) is 6.36. The van der Waals surface area contributed by atoms with Gasteiger partial charge in [-0.15, -0.1) is 0 Å². The van der Waals surface area contributed by atoms with E-state index in [2.05, 4.69) is 4.90 Å². The average molecular weight is 259 g/mol. The van der Waals surface area contributed by atoms with Crippen LogP contribution in [0.4, 0.5) is 11.4 Å². The van der Waals surface area contributed by atoms with Gasteiger partial charge in [0.2, 0.25) is 0 Å². The molecule has 1 aromatic carbocycles. The molecule has 1 aliphatic heterocycles. The van der Waals surface area contributed by atoms with Crippen LogP contribution in [-0.4, -0.2) is 13.1 Å². The van der Waals surface area contributed by atoms with Crippen LogP contribution in [0.15, 0.2) is 6.07 Å². The molecule has 16 heavy (non-hydrogen) atoms. The lowest BCUT2D eigenvalue weighted by Gasteiger charge is -2.31. The molecule has 0 unspecified atom stereocenters. The van der Waals surface area contributed by atoms with E-state index < -0.39 is 0 Å². The number of anilines is 2. The summed E-state index contributed by atoms with van der Waals surface area (Å²) in [6.45, 7) is 4.10. The fourth-order valence-corrected chi connectivity index (χ4v) is 2.71. The lowest BCUT2D eigenvalue weighted by Crippen LogP contribution is -2.30. The van der Waals surface area contributed by atoms with Gasteiger partial charge in [0.15, 0.2) is 0 Å². The molecule has 1 saturated heterocycles. The molecule has 1 aromatic rings. The molecular weight excluding hydrogens is 243 g/mol. The highest BCUT2D eigenvalue weighted by Gasteiger charge is 2.18. The number of hydrogen-bond acceptors (Lipinski definition) is 2. The molecule has 0 atom stereocenters. The number of piperidine rings is 1. The topological polar surface area (TPSA) is 29.3 Å². The zero-order valence-electron chi connectivity index (χ0n) is 9.39. The second-order valence-corrected chi connectivity index (χ2v) is 5.07. The zero-order valence-corrected chi connectivity index (χ0v) is 10.9. The van der Waals surface area contributed by atoms with Crippen LogP contribution in [0.1, 0.15) is 24.8 Å². The largest absolute Gasteiger partial charge is 0.397 e. The van der Waals surface area contributed by atoms with Crippen molar-refractivity contribution < 1.29 is 0 Å². The molecule has 0 radical (unpaired) electrons. The Morgan fingerprint density at radius 3 is 2.44 bits per heavy atom. The molecule has 2 N–H and O–H groups in total. The minimum atomic E-state index is 0.539. The van der Waals surface area contributed by atoms with Gasteiger partial charge in [0, 0.05) is 13.1 Å². The molecule has 0 amide bonds. The van der Waals surface area contributed by atoms with Crippen molar-refractivity contribution >= 4 is 34.6 Å². The minimum absolute atomic E-state index is 0.539. The van der Waals surface area contributed by atoms with Crippen molar-refractivity contribution in [1.29, 1.82) is 0 Å². The molecule has 1 heterocycles. The summed E-state index contributed by atoms with van der Waals surface area (Å²) in [6, 6.07) is 1.75. The van der Waals surface area contributed by atoms with E-state index in [1.165, 1.54) is 19.3 Å². The molecule has 0 saturated carbocycles. The van der Waals surface area contributed by atoms with Gasteiger partial charge in [0.05, 0.1) is 21.4 Å². The van der Waals surface area contributed by atoms with Gasteiger partial charge >= 0.3 is 0 Å². The number of nitrogens with zero attached hydrogens (tertiary/aromatic N) is 1. The van der Waals surface area contributed by atoms with Crippen LogP contribution < -0.4 is 10.6 Å². The Bertz CT molecular complexity index is 398. The lowest BCUT2D eigenvalue weighted by molar-refractivity contribution is 0.577. The second-order valence-electron chi connectivity index (χ2n) is 4.28. The molecule has 0 aromatic heterocycles. The van der Waals surface area contributed by atoms with Crippen molar-refractivity contribution in [2.75, 3.05) is 23.7 Å². The Balaban J connectivity index is 2.42. The number of hydrogen-bond donors (Lipinski definition) is 1. The fourth-order valence-electron chi connectivity index (χ4n) is 2.31. The SMILES string of the molecule is Cc1c(Cl)c(Cl)cc(N)c1N1CCCCC1. The van der Waals surface area contributed by atoms with Crippen LogP contribution in [0.5, 0.6) is 0 Å². The lowest BCUT2D eigenvalue weighted by atomic mass is 10.1. The van der Waals surface area contributed by atoms with Crippen molar-refractivity contribution in [2.45, 2.75) is 26.2 Å². The van der Waals surface area contributed by atoms with E-state index in [4.69, 9.17) is 28.9 Å². The molecule has 88 valence electrons. The average Bonchev–Trinajstić information content (AvgIpc) is 2.28. The Labute approximate surface area is 106 Å². The predicted octanol–water partition coefficient (Wildman–Crippen LogP) is 3.87. The fraction of sp³-hybridized carbons (Fsp3) is 0.500. The van der Waals surface area contributed by atoms with E-state index in [1.54, 1.807) is 6.07 Å². The number of nitrogens with two attached hydrogens (primary N) is 1. The Morgan fingerprint density at radius 1 is 1.19 bits per heavy atom. The highest BCUT2D eigenvalue weighted by molar-refractivity contribution is 6.43. The van der Waals surface area contributed by atoms with Gasteiger partial charge in [0.1, 0.15) is 0 Å². The minimum Gasteiger partial charge on any atom is -0.397 e. The van der Waals surface area contributed by atoms with Gasteiger partial charge in [-0.3, -0.25) is 0 Å². The van der Waals surface area contributed by atoms with Crippen molar-refractivity contribution in [3.63, 3.8) is 0 Å². The number of nitrogen functional groups attached to an aromatic ring is 1. The first-order valence-electron chi connectivity index (χ1n) is 5.60. The quantitative estimate of drug-likeness (QED) is 0.775. The maximum atomic E-state index is 6.16. The highest BCUT2D eigenvalue weighted by Crippen LogP contribution is 2.38. The van der Waals surface area contributed by atoms with Gasteiger partial charge < -0.3 is 10.6 Å². The normalized spacial score (nSPS) is 16.6. The van der Waals surface area contributed by atoms with Gasteiger partial charge in [-0.25, -0.2) is 0 Å². The van der Waals surface area contributed by atoms with Gasteiger partial charge in [-0.2, -0.15) is 0 Å². The van der Waals surface area contributed by atoms with Crippen molar-refractivity contribution in [3.05, 3.63) is 21.7 Å². The maximum absolute atomic E-state index is 6.16. The summed E-state index contributed by atoms with van der Waals surface area (Å²) in [5, 5.41) is 1.16. The predicted molar refractivity (Wildman–Crippen MR) is 71.7 cm³/mol. The standard InChI is InChI=1S/C12H16Cl2N2/c1-8-11(14)9(13)7-10(15)12(8)16-5-3-2-4-6-16/h7H,2-6,15H2,1H3. The van der Waals surface area contributed by atoms with Gasteiger partial charge in [-0.1, -0.05) is 23.2 Å². The number of rotatable bonds is 1. The van der Waals surface area contributed by atoms with E-state index in [0.717, 1.165) is 30.0 Å². The molecular formula is C12H16Cl2N2. The van der Waals surface area contributed by atoms with E-state index in [-0.39, 0.29) is 0 Å². The summed E-state index contributed by atoms with van der Waals surface area (Å²) in [6.07, 6.45) is 3.75. The van der Waals surface area contributed by atoms with Crippen molar-refractivity contribution in [1.82, 2.24) is 0 Å². The maximum Gasteiger partial charge on any atom is 0.0645 e. The van der Waals surface area contributed by atoms with Crippen LogP contribution in [-0.2, 0) is 0 Å². The Hall–Kier alpha value is -0.600. The molecule has 1 aliphatic rings. The third-order valence-electron chi connectivity index (χ3n) is 3.12. The van der Waals surface area contributed by atoms with E-state index in [0.29, 0.717) is 10.0 Å². The van der Waals surface area contributed by atoms with E-state index in [9.17, 15) is 0 Å². The molecule has 1 fully saturated rings. The van der Waals surface area contributed by atoms with Crippen LogP contribution in [0.25, 0.3) is 0 Å². The molecule has 4 heteroatoms. The monoisotopic (exact) mass is 258 g/mol. The van der Waals surface area contributed by atoms with Crippen molar-refractivity contribution in [3.8, 4) is 0 Å². The smallest absolute Gasteiger partial charge is 0.0645 e. The van der Waals surface area contributed by atoms with Gasteiger partial charge in [0.25, 0.3) is 0 Å². The van der Waals surface area contributed by atoms with Crippen LogP contribution >= 0.6 is 23.2 Å². The summed E-state index contributed by atoms with van der Waals surface area (Å²) in [7, 11) is 0. The third kappa shape index (κ3) is 2.09. The summed E-state index contributed by atoms with van der Waals surface area (Å²) in [5.74, 6) is 0. The summed E-state index contributed by atoms with van der Waals surface area (Å²) >= 11 is 12.2. The molecule has 2 nitrogen and oxygen atoms in total. The van der Waals surface area contributed by atoms with Crippen LogP contribution in [0, 0.1) is 6.92 Å². The zero-order chi connectivity index (χ0) is 11.7. The second kappa shape index (κ2) is 4.72. The van der Waals surface area contributed by atoms with Gasteiger partial charge in [-0.05, 0) is 37.8 Å². The molecule has 0 bridgehead atoms. The van der Waals surface area contributed by atoms with Crippen LogP contribution in [0.3, 0.4) is 0 Å². The summed E-state index contributed by atoms with van der Waals surface area (Å²) < 4.78 is 0.